The van der Waals surface area contributed by atoms with E-state index < -0.39 is 0 Å². The van der Waals surface area contributed by atoms with Gasteiger partial charge in [0.15, 0.2) is 0 Å². The first-order valence-electron chi connectivity index (χ1n) is 6.29. The van der Waals surface area contributed by atoms with Gasteiger partial charge in [0.25, 0.3) is 0 Å². The molecule has 0 bridgehead atoms. The minimum absolute atomic E-state index is 0.0634. The first-order valence-corrected chi connectivity index (χ1v) is 7.48. The highest BCUT2D eigenvalue weighted by molar-refractivity contribution is 7.99. The van der Waals surface area contributed by atoms with Gasteiger partial charge in [0.05, 0.1) is 0 Å². The van der Waals surface area contributed by atoms with Crippen molar-refractivity contribution in [3.05, 3.63) is 28.8 Å². The fraction of sp³-hybridized carbons (Fsp3) is 0.462. The Labute approximate surface area is 128 Å². The molecule has 0 aliphatic heterocycles. The number of aryl methyl sites for hydroxylation is 1. The predicted octanol–water partition coefficient (Wildman–Crippen LogP) is 2.90. The molecule has 20 heavy (non-hydrogen) atoms. The molecule has 0 atom stereocenters. The van der Waals surface area contributed by atoms with Gasteiger partial charge in [-0.1, -0.05) is 17.7 Å². The second-order valence-corrected chi connectivity index (χ2v) is 6.99. The number of aromatic nitrogens is 4. The number of hydrogen-bond donors (Lipinski definition) is 1. The van der Waals surface area contributed by atoms with E-state index in [9.17, 15) is 0 Å². The van der Waals surface area contributed by atoms with Crippen molar-refractivity contribution in [2.24, 2.45) is 7.05 Å². The molecule has 0 radical (unpaired) electrons. The Morgan fingerprint density at radius 3 is 2.70 bits per heavy atom. The van der Waals surface area contributed by atoms with Crippen molar-refractivity contribution in [2.45, 2.75) is 42.9 Å². The molecule has 1 N–H and O–H groups in total. The van der Waals surface area contributed by atoms with Gasteiger partial charge in [-0.3, -0.25) is 0 Å². The van der Waals surface area contributed by atoms with Gasteiger partial charge in [-0.05, 0) is 60.7 Å². The molecule has 7 heteroatoms. The Kier molecular flexibility index (Phi) is 4.67. The number of nitrogens with one attached hydrogen (secondary N) is 1. The largest absolute Gasteiger partial charge is 0.308 e. The predicted molar refractivity (Wildman–Crippen MR) is 81.0 cm³/mol. The average Bonchev–Trinajstić information content (AvgIpc) is 2.73. The Balaban J connectivity index is 2.22. The van der Waals surface area contributed by atoms with Crippen molar-refractivity contribution in [1.82, 2.24) is 25.5 Å². The van der Waals surface area contributed by atoms with E-state index in [0.29, 0.717) is 5.02 Å². The van der Waals surface area contributed by atoms with Crippen molar-refractivity contribution < 1.29 is 0 Å². The first kappa shape index (κ1) is 15.3. The maximum absolute atomic E-state index is 6.09. The maximum atomic E-state index is 6.09. The highest BCUT2D eigenvalue weighted by Crippen LogP contribution is 2.31. The summed E-state index contributed by atoms with van der Waals surface area (Å²) in [6.07, 6.45) is 0. The molecule has 0 saturated heterocycles. The molecule has 1 aromatic carbocycles. The van der Waals surface area contributed by atoms with E-state index in [1.54, 1.807) is 4.68 Å². The van der Waals surface area contributed by atoms with Crippen LogP contribution in [-0.2, 0) is 13.6 Å². The molecule has 0 aliphatic rings. The lowest BCUT2D eigenvalue weighted by molar-refractivity contribution is 0.422. The van der Waals surface area contributed by atoms with Crippen LogP contribution in [0.4, 0.5) is 0 Å². The second-order valence-electron chi connectivity index (χ2n) is 5.54. The molecule has 2 rings (SSSR count). The van der Waals surface area contributed by atoms with Crippen molar-refractivity contribution in [2.75, 3.05) is 0 Å². The summed E-state index contributed by atoms with van der Waals surface area (Å²) in [5.41, 5.74) is 1.24. The minimum atomic E-state index is 0.0634. The zero-order valence-electron chi connectivity index (χ0n) is 12.0. The summed E-state index contributed by atoms with van der Waals surface area (Å²) in [4.78, 5) is 1.06. The standard InChI is InChI=1S/C13H18ClN5S/c1-13(2,3)15-8-9-5-6-10(14)7-11(9)20-12-16-17-18-19(12)4/h5-7,15H,8H2,1-4H3. The van der Waals surface area contributed by atoms with Crippen molar-refractivity contribution in [3.63, 3.8) is 0 Å². The number of nitrogens with zero attached hydrogens (tertiary/aromatic N) is 4. The van der Waals surface area contributed by atoms with Gasteiger partial charge in [0.1, 0.15) is 0 Å². The van der Waals surface area contributed by atoms with Gasteiger partial charge < -0.3 is 5.32 Å². The molecule has 0 unspecified atom stereocenters. The summed E-state index contributed by atoms with van der Waals surface area (Å²) in [7, 11) is 1.82. The zero-order valence-corrected chi connectivity index (χ0v) is 13.6. The lowest BCUT2D eigenvalue weighted by atomic mass is 10.1. The highest BCUT2D eigenvalue weighted by Gasteiger charge is 2.13. The topological polar surface area (TPSA) is 55.6 Å². The van der Waals surface area contributed by atoms with E-state index in [4.69, 9.17) is 11.6 Å². The third kappa shape index (κ3) is 4.19. The summed E-state index contributed by atoms with van der Waals surface area (Å²) >= 11 is 7.61. The van der Waals surface area contributed by atoms with Gasteiger partial charge in [0, 0.05) is 29.0 Å². The van der Waals surface area contributed by atoms with Crippen LogP contribution in [0.3, 0.4) is 0 Å². The molecule has 5 nitrogen and oxygen atoms in total. The Morgan fingerprint density at radius 1 is 1.35 bits per heavy atom. The Hall–Kier alpha value is -1.11. The molecular weight excluding hydrogens is 294 g/mol. The quantitative estimate of drug-likeness (QED) is 0.941. The molecule has 0 saturated carbocycles. The van der Waals surface area contributed by atoms with E-state index in [2.05, 4.69) is 41.6 Å². The summed E-state index contributed by atoms with van der Waals surface area (Å²) in [6.45, 7) is 7.20. The monoisotopic (exact) mass is 311 g/mol. The fourth-order valence-electron chi connectivity index (χ4n) is 1.54. The van der Waals surface area contributed by atoms with Crippen LogP contribution < -0.4 is 5.32 Å². The van der Waals surface area contributed by atoms with Crippen LogP contribution in [0.25, 0.3) is 0 Å². The van der Waals surface area contributed by atoms with Crippen LogP contribution >= 0.6 is 23.4 Å². The van der Waals surface area contributed by atoms with Gasteiger partial charge in [0.2, 0.25) is 5.16 Å². The van der Waals surface area contributed by atoms with Gasteiger partial charge in [-0.15, -0.1) is 5.10 Å². The fourth-order valence-corrected chi connectivity index (χ4v) is 2.67. The van der Waals surface area contributed by atoms with Crippen LogP contribution in [0, 0.1) is 0 Å². The number of rotatable bonds is 4. The van der Waals surface area contributed by atoms with E-state index >= 15 is 0 Å². The van der Waals surface area contributed by atoms with Gasteiger partial charge in [-0.25, -0.2) is 4.68 Å². The van der Waals surface area contributed by atoms with Crippen molar-refractivity contribution in [1.29, 1.82) is 0 Å². The average molecular weight is 312 g/mol. The number of tetrazole rings is 1. The van der Waals surface area contributed by atoms with Crippen molar-refractivity contribution >= 4 is 23.4 Å². The molecule has 0 aliphatic carbocycles. The Morgan fingerprint density at radius 2 is 2.10 bits per heavy atom. The highest BCUT2D eigenvalue weighted by atomic mass is 35.5. The zero-order chi connectivity index (χ0) is 14.8. The van der Waals surface area contributed by atoms with Crippen LogP contribution in [0.15, 0.2) is 28.3 Å². The van der Waals surface area contributed by atoms with Crippen molar-refractivity contribution in [3.8, 4) is 0 Å². The smallest absolute Gasteiger partial charge is 0.213 e. The third-order valence-electron chi connectivity index (χ3n) is 2.62. The van der Waals surface area contributed by atoms with Gasteiger partial charge >= 0.3 is 0 Å². The molecule has 0 amide bonds. The van der Waals surface area contributed by atoms with E-state index in [-0.39, 0.29) is 5.54 Å². The molecule has 0 fully saturated rings. The first-order chi connectivity index (χ1) is 9.35. The molecule has 2 aromatic rings. The lowest BCUT2D eigenvalue weighted by Gasteiger charge is -2.21. The van der Waals surface area contributed by atoms with E-state index in [1.165, 1.54) is 17.3 Å². The van der Waals surface area contributed by atoms with Crippen LogP contribution in [0.1, 0.15) is 26.3 Å². The Bertz CT molecular complexity index is 591. The number of benzene rings is 1. The molecule has 1 aromatic heterocycles. The lowest BCUT2D eigenvalue weighted by Crippen LogP contribution is -2.35. The summed E-state index contributed by atoms with van der Waals surface area (Å²) in [6, 6.07) is 5.88. The second kappa shape index (κ2) is 6.11. The van der Waals surface area contributed by atoms with Crippen LogP contribution in [-0.4, -0.2) is 25.7 Å². The maximum Gasteiger partial charge on any atom is 0.213 e. The summed E-state index contributed by atoms with van der Waals surface area (Å²) in [5.74, 6) is 0. The van der Waals surface area contributed by atoms with Crippen LogP contribution in [0.5, 0.6) is 0 Å². The minimum Gasteiger partial charge on any atom is -0.308 e. The number of halogens is 1. The molecule has 1 heterocycles. The number of hydrogen-bond acceptors (Lipinski definition) is 5. The molecule has 0 spiro atoms. The SMILES string of the molecule is Cn1nnnc1Sc1cc(Cl)ccc1CNC(C)(C)C. The van der Waals surface area contributed by atoms with E-state index in [1.807, 2.05) is 25.2 Å². The third-order valence-corrected chi connectivity index (χ3v) is 3.98. The van der Waals surface area contributed by atoms with Gasteiger partial charge in [-0.2, -0.15) is 0 Å². The summed E-state index contributed by atoms with van der Waals surface area (Å²) in [5, 5.41) is 16.4. The normalized spacial score (nSPS) is 11.8. The van der Waals surface area contributed by atoms with Crippen LogP contribution in [0.2, 0.25) is 5.02 Å². The molecular formula is C13H18ClN5S. The van der Waals surface area contributed by atoms with E-state index in [0.717, 1.165) is 16.6 Å². The molecule has 108 valence electrons. The summed E-state index contributed by atoms with van der Waals surface area (Å²) < 4.78 is 1.65.